The molecular formula is C29H25N3O8S. The molecule has 11 nitrogen and oxygen atoms in total. The molecule has 0 spiro atoms. The second-order valence-electron chi connectivity index (χ2n) is 9.23. The molecule has 1 saturated heterocycles. The number of benzene rings is 3. The van der Waals surface area contributed by atoms with Crippen molar-refractivity contribution >= 4 is 35.2 Å². The molecule has 0 aromatic heterocycles. The van der Waals surface area contributed by atoms with Crippen molar-refractivity contribution in [3.63, 3.8) is 0 Å². The minimum absolute atomic E-state index is 0.0223. The number of esters is 1. The molecule has 2 aliphatic heterocycles. The van der Waals surface area contributed by atoms with Gasteiger partial charge < -0.3 is 19.9 Å². The number of fused-ring (bicyclic) bond motifs is 1. The number of methoxy groups -OCH3 is 1. The van der Waals surface area contributed by atoms with Crippen molar-refractivity contribution < 1.29 is 33.9 Å². The molecule has 2 unspecified atom stereocenters. The van der Waals surface area contributed by atoms with Crippen LogP contribution in [0, 0.1) is 10.1 Å². The number of aliphatic hydroxyl groups excluding tert-OH is 1. The minimum atomic E-state index is -1.73. The molecule has 3 atom stereocenters. The topological polar surface area (TPSA) is 148 Å². The Balaban J connectivity index is 1.44. The van der Waals surface area contributed by atoms with Crippen LogP contribution in [0.2, 0.25) is 0 Å². The number of nitro groups is 1. The van der Waals surface area contributed by atoms with Crippen molar-refractivity contribution in [3.05, 3.63) is 123 Å². The first kappa shape index (κ1) is 27.9. The molecule has 2 aliphatic rings. The fourth-order valence-electron chi connectivity index (χ4n) is 4.64. The van der Waals surface area contributed by atoms with Gasteiger partial charge in [0.25, 0.3) is 11.6 Å². The van der Waals surface area contributed by atoms with Gasteiger partial charge in [-0.3, -0.25) is 24.6 Å². The van der Waals surface area contributed by atoms with E-state index in [-0.39, 0.29) is 35.0 Å². The van der Waals surface area contributed by atoms with Gasteiger partial charge in [-0.25, -0.2) is 4.79 Å². The molecule has 0 saturated carbocycles. The summed E-state index contributed by atoms with van der Waals surface area (Å²) in [5, 5.41) is 23.0. The van der Waals surface area contributed by atoms with E-state index >= 15 is 0 Å². The summed E-state index contributed by atoms with van der Waals surface area (Å²) < 4.78 is 11.5. The summed E-state index contributed by atoms with van der Waals surface area (Å²) in [7, 11) is 1.30. The summed E-state index contributed by atoms with van der Waals surface area (Å²) in [4.78, 5) is 51.2. The molecule has 3 aromatic carbocycles. The molecule has 5 rings (SSSR count). The van der Waals surface area contributed by atoms with Gasteiger partial charge in [-0.05, 0) is 16.7 Å². The summed E-state index contributed by atoms with van der Waals surface area (Å²) in [6, 6.07) is 23.4. The molecular weight excluding hydrogens is 550 g/mol. The zero-order valence-corrected chi connectivity index (χ0v) is 22.5. The lowest BCUT2D eigenvalue weighted by Gasteiger charge is -2.46. The van der Waals surface area contributed by atoms with Crippen LogP contribution >= 0.6 is 11.8 Å². The van der Waals surface area contributed by atoms with E-state index in [0.717, 1.165) is 17.8 Å². The van der Waals surface area contributed by atoms with E-state index in [0.29, 0.717) is 11.1 Å². The maximum atomic E-state index is 13.8. The first-order valence-corrected chi connectivity index (χ1v) is 13.5. The number of carbonyl (C=O) groups excluding carboxylic acids is 3. The molecule has 2 N–H and O–H groups in total. The van der Waals surface area contributed by atoms with Gasteiger partial charge >= 0.3 is 5.97 Å². The van der Waals surface area contributed by atoms with Crippen LogP contribution in [-0.4, -0.2) is 50.6 Å². The Morgan fingerprint density at radius 3 is 2.20 bits per heavy atom. The second kappa shape index (κ2) is 11.8. The van der Waals surface area contributed by atoms with Gasteiger partial charge in [-0.2, -0.15) is 0 Å². The fraction of sp³-hybridized carbons (Fsp3) is 0.207. The summed E-state index contributed by atoms with van der Waals surface area (Å²) >= 11 is 1.16. The average Bonchev–Trinajstić information content (AvgIpc) is 2.99. The number of rotatable bonds is 9. The van der Waals surface area contributed by atoms with Gasteiger partial charge in [0.1, 0.15) is 5.37 Å². The van der Waals surface area contributed by atoms with Crippen LogP contribution in [-0.2, 0) is 23.9 Å². The summed E-state index contributed by atoms with van der Waals surface area (Å²) in [6.45, 7) is 0. The van der Waals surface area contributed by atoms with E-state index in [1.54, 1.807) is 0 Å². The summed E-state index contributed by atoms with van der Waals surface area (Å²) in [5.74, 6) is -2.02. The number of non-ortho nitro benzene ring substituents is 1. The van der Waals surface area contributed by atoms with Crippen molar-refractivity contribution in [2.45, 2.75) is 29.4 Å². The quantitative estimate of drug-likeness (QED) is 0.169. The van der Waals surface area contributed by atoms with E-state index in [2.05, 4.69) is 5.32 Å². The lowest BCUT2D eigenvalue weighted by atomic mass is 10.0. The maximum absolute atomic E-state index is 13.8. The Morgan fingerprint density at radius 1 is 1.02 bits per heavy atom. The van der Waals surface area contributed by atoms with Crippen LogP contribution in [0.1, 0.15) is 35.3 Å². The lowest BCUT2D eigenvalue weighted by Crippen LogP contribution is -2.58. The lowest BCUT2D eigenvalue weighted by molar-refractivity contribution is -0.385. The number of amides is 2. The number of thioether (sulfide) groups is 1. The third kappa shape index (κ3) is 5.65. The molecule has 2 heterocycles. The normalized spacial score (nSPS) is 18.7. The largest absolute Gasteiger partial charge is 0.495 e. The maximum Gasteiger partial charge on any atom is 0.359 e. The number of carbonyl (C=O) groups is 3. The Labute approximate surface area is 238 Å². The van der Waals surface area contributed by atoms with Gasteiger partial charge in [0.15, 0.2) is 23.7 Å². The fourth-order valence-corrected chi connectivity index (χ4v) is 6.06. The van der Waals surface area contributed by atoms with Crippen molar-refractivity contribution in [1.29, 1.82) is 0 Å². The van der Waals surface area contributed by atoms with Crippen molar-refractivity contribution in [2.75, 3.05) is 7.11 Å². The van der Waals surface area contributed by atoms with E-state index in [1.165, 1.54) is 30.2 Å². The molecule has 0 bridgehead atoms. The zero-order chi connectivity index (χ0) is 29.1. The van der Waals surface area contributed by atoms with Gasteiger partial charge in [-0.15, -0.1) is 11.8 Å². The van der Waals surface area contributed by atoms with Crippen LogP contribution in [0.15, 0.2) is 96.4 Å². The SMILES string of the molecule is COC1=C(C(=O)OC(c2ccccc2)c2ccccc2)N2C(=O)C[C@@H]2SC1NC(=O)C(O)c1cccc([N+](=O)[O-])c1. The second-order valence-corrected chi connectivity index (χ2v) is 10.5. The van der Waals surface area contributed by atoms with Gasteiger partial charge in [0.2, 0.25) is 5.91 Å². The van der Waals surface area contributed by atoms with Crippen molar-refractivity contribution in [3.8, 4) is 0 Å². The van der Waals surface area contributed by atoms with Gasteiger partial charge in [0, 0.05) is 12.1 Å². The molecule has 0 radical (unpaired) electrons. The molecule has 0 aliphatic carbocycles. The first-order chi connectivity index (χ1) is 19.8. The van der Waals surface area contributed by atoms with Crippen LogP contribution in [0.25, 0.3) is 0 Å². The predicted molar refractivity (Wildman–Crippen MR) is 148 cm³/mol. The van der Waals surface area contributed by atoms with Crippen molar-refractivity contribution in [1.82, 2.24) is 10.2 Å². The molecule has 210 valence electrons. The smallest absolute Gasteiger partial charge is 0.359 e. The van der Waals surface area contributed by atoms with Crippen LogP contribution in [0.4, 0.5) is 5.69 Å². The summed E-state index contributed by atoms with van der Waals surface area (Å²) in [6.07, 6.45) is -2.40. The predicted octanol–water partition coefficient (Wildman–Crippen LogP) is 3.57. The molecule has 2 amide bonds. The number of aliphatic hydroxyl groups is 1. The Hall–Kier alpha value is -4.68. The molecule has 41 heavy (non-hydrogen) atoms. The van der Waals surface area contributed by atoms with E-state index in [1.807, 2.05) is 60.7 Å². The number of hydrogen-bond donors (Lipinski definition) is 2. The first-order valence-electron chi connectivity index (χ1n) is 12.6. The van der Waals surface area contributed by atoms with Gasteiger partial charge in [0.05, 0.1) is 23.8 Å². The van der Waals surface area contributed by atoms with Crippen LogP contribution in [0.3, 0.4) is 0 Å². The summed E-state index contributed by atoms with van der Waals surface area (Å²) in [5.41, 5.74) is 1.04. The molecule has 12 heteroatoms. The Kier molecular flexibility index (Phi) is 8.04. The van der Waals surface area contributed by atoms with E-state index < -0.39 is 39.8 Å². The standard InChI is InChI=1S/C29H25N3O8S/c1-39-26-23(29(36)40-25(17-9-4-2-5-10-17)18-11-6-3-7-12-18)31-21(33)16-22(31)41-28(26)30-27(35)24(34)19-13-8-14-20(15-19)32(37)38/h2-15,22,24-25,28,34H,16H2,1H3,(H,30,35)/t22-,24?,28?/m0/s1. The molecule has 1 fully saturated rings. The highest BCUT2D eigenvalue weighted by Gasteiger charge is 2.51. The minimum Gasteiger partial charge on any atom is -0.495 e. The molecule has 3 aromatic rings. The number of nitrogens with one attached hydrogen (secondary N) is 1. The highest BCUT2D eigenvalue weighted by Crippen LogP contribution is 2.44. The number of hydrogen-bond acceptors (Lipinski definition) is 9. The number of ether oxygens (including phenoxy) is 2. The van der Waals surface area contributed by atoms with E-state index in [9.17, 15) is 29.6 Å². The number of nitrogens with zero attached hydrogens (tertiary/aromatic N) is 2. The Bertz CT molecular complexity index is 1480. The monoisotopic (exact) mass is 575 g/mol. The van der Waals surface area contributed by atoms with Crippen molar-refractivity contribution in [2.24, 2.45) is 0 Å². The van der Waals surface area contributed by atoms with Crippen LogP contribution < -0.4 is 5.32 Å². The third-order valence-corrected chi connectivity index (χ3v) is 7.97. The Morgan fingerprint density at radius 2 is 1.63 bits per heavy atom. The highest BCUT2D eigenvalue weighted by molar-refractivity contribution is 8.00. The number of nitro benzene ring substituents is 1. The third-order valence-electron chi connectivity index (χ3n) is 6.67. The van der Waals surface area contributed by atoms with Gasteiger partial charge in [-0.1, -0.05) is 72.8 Å². The zero-order valence-electron chi connectivity index (χ0n) is 21.7. The van der Waals surface area contributed by atoms with Crippen LogP contribution in [0.5, 0.6) is 0 Å². The number of β-lactam (4-membered cyclic amide) rings is 1. The van der Waals surface area contributed by atoms with E-state index in [4.69, 9.17) is 9.47 Å². The average molecular weight is 576 g/mol. The highest BCUT2D eigenvalue weighted by atomic mass is 32.2.